The predicted molar refractivity (Wildman–Crippen MR) is 83.3 cm³/mol. The Labute approximate surface area is 134 Å². The van der Waals surface area contributed by atoms with Crippen molar-refractivity contribution in [2.75, 3.05) is 6.61 Å². The highest BCUT2D eigenvalue weighted by molar-refractivity contribution is 5.46. The fourth-order valence-corrected chi connectivity index (χ4v) is 4.17. The molecule has 5 rings (SSSR count). The summed E-state index contributed by atoms with van der Waals surface area (Å²) in [6.45, 7) is 2.53. The van der Waals surface area contributed by atoms with Crippen LogP contribution < -0.4 is 0 Å². The number of aliphatic hydroxyl groups is 2. The molecule has 23 heavy (non-hydrogen) atoms. The van der Waals surface area contributed by atoms with Crippen LogP contribution in [0.2, 0.25) is 0 Å². The third-order valence-corrected chi connectivity index (χ3v) is 5.15. The van der Waals surface area contributed by atoms with Gasteiger partial charge in [-0.3, -0.25) is 0 Å². The molecule has 1 atom stereocenters. The second-order valence-corrected chi connectivity index (χ2v) is 7.19. The van der Waals surface area contributed by atoms with Crippen LogP contribution in [0.5, 0.6) is 0 Å². The lowest BCUT2D eigenvalue weighted by Gasteiger charge is -2.69. The van der Waals surface area contributed by atoms with Crippen LogP contribution in [0.3, 0.4) is 0 Å². The zero-order chi connectivity index (χ0) is 16.1. The lowest BCUT2D eigenvalue weighted by molar-refractivity contribution is -0.191. The molecule has 2 aromatic heterocycles. The maximum atomic E-state index is 9.67. The van der Waals surface area contributed by atoms with Gasteiger partial charge in [-0.2, -0.15) is 0 Å². The lowest BCUT2D eigenvalue weighted by atomic mass is 9.35. The van der Waals surface area contributed by atoms with E-state index in [4.69, 9.17) is 4.52 Å². The summed E-state index contributed by atoms with van der Waals surface area (Å²) >= 11 is 0. The number of aliphatic hydroxyl groups excluding tert-OH is 2. The van der Waals surface area contributed by atoms with Crippen molar-refractivity contribution in [3.8, 4) is 0 Å². The number of hydrogen-bond donors (Lipinski definition) is 2. The number of rotatable bonds is 6. The molecule has 0 radical (unpaired) electrons. The Hall–Kier alpha value is -1.92. The third-order valence-electron chi connectivity index (χ3n) is 5.15. The lowest BCUT2D eigenvalue weighted by Crippen LogP contribution is -2.62. The fourth-order valence-electron chi connectivity index (χ4n) is 4.17. The standard InChI is InChI=1S/C17H21N3O3/c1-12(22)15-18-4-5-20(15)7-13-6-14(23-19-13)2-3-16-8-17(9-16,10-16)11-21/h2-6,12,21-22H,7-11H2,1H3/b3-2-. The fraction of sp³-hybridized carbons (Fsp3) is 0.529. The van der Waals surface area contributed by atoms with Crippen molar-refractivity contribution < 1.29 is 14.7 Å². The van der Waals surface area contributed by atoms with Crippen LogP contribution in [0.25, 0.3) is 6.08 Å². The minimum Gasteiger partial charge on any atom is -0.396 e. The van der Waals surface area contributed by atoms with E-state index in [2.05, 4.69) is 16.2 Å². The molecular formula is C17H21N3O3. The molecule has 2 N–H and O–H groups in total. The highest BCUT2D eigenvalue weighted by atomic mass is 16.5. The molecule has 2 aromatic rings. The molecule has 6 heteroatoms. The molecular weight excluding hydrogens is 294 g/mol. The molecule has 0 aliphatic heterocycles. The van der Waals surface area contributed by atoms with Gasteiger partial charge in [0.2, 0.25) is 0 Å². The first kappa shape index (κ1) is 14.7. The van der Waals surface area contributed by atoms with E-state index in [9.17, 15) is 10.2 Å². The van der Waals surface area contributed by atoms with Crippen molar-refractivity contribution in [1.82, 2.24) is 14.7 Å². The summed E-state index contributed by atoms with van der Waals surface area (Å²) in [5.41, 5.74) is 1.30. The van der Waals surface area contributed by atoms with Crippen molar-refractivity contribution in [2.24, 2.45) is 10.8 Å². The summed E-state index contributed by atoms with van der Waals surface area (Å²) in [6.07, 6.45) is 10.3. The minimum atomic E-state index is -0.612. The van der Waals surface area contributed by atoms with Crippen LogP contribution in [0.1, 0.15) is 49.6 Å². The molecule has 6 nitrogen and oxygen atoms in total. The largest absolute Gasteiger partial charge is 0.396 e. The summed E-state index contributed by atoms with van der Waals surface area (Å²) in [7, 11) is 0. The highest BCUT2D eigenvalue weighted by Crippen LogP contribution is 2.73. The molecule has 3 fully saturated rings. The first-order valence-corrected chi connectivity index (χ1v) is 7.98. The van der Waals surface area contributed by atoms with Gasteiger partial charge in [0.05, 0.1) is 6.54 Å². The van der Waals surface area contributed by atoms with Crippen molar-refractivity contribution in [2.45, 2.75) is 38.8 Å². The van der Waals surface area contributed by atoms with Crippen LogP contribution in [0.15, 0.2) is 29.1 Å². The zero-order valence-electron chi connectivity index (χ0n) is 13.1. The Morgan fingerprint density at radius 1 is 1.43 bits per heavy atom. The average molecular weight is 315 g/mol. The average Bonchev–Trinajstić information content (AvgIpc) is 3.06. The molecule has 1 unspecified atom stereocenters. The van der Waals surface area contributed by atoms with E-state index in [-0.39, 0.29) is 10.8 Å². The van der Waals surface area contributed by atoms with Crippen LogP contribution in [0, 0.1) is 10.8 Å². The van der Waals surface area contributed by atoms with E-state index in [0.29, 0.717) is 19.0 Å². The normalized spacial score (nSPS) is 30.2. The molecule has 0 amide bonds. The van der Waals surface area contributed by atoms with E-state index in [1.54, 1.807) is 13.1 Å². The quantitative estimate of drug-likeness (QED) is 0.853. The van der Waals surface area contributed by atoms with E-state index < -0.39 is 6.10 Å². The highest BCUT2D eigenvalue weighted by Gasteiger charge is 2.65. The maximum Gasteiger partial charge on any atom is 0.159 e. The van der Waals surface area contributed by atoms with E-state index >= 15 is 0 Å². The van der Waals surface area contributed by atoms with E-state index in [0.717, 1.165) is 30.7 Å². The molecule has 2 heterocycles. The van der Waals surface area contributed by atoms with E-state index in [1.807, 2.05) is 22.9 Å². The molecule has 122 valence electrons. The molecule has 3 aliphatic rings. The maximum absolute atomic E-state index is 9.67. The number of hydrogen-bond acceptors (Lipinski definition) is 5. The topological polar surface area (TPSA) is 84.3 Å². The smallest absolute Gasteiger partial charge is 0.159 e. The van der Waals surface area contributed by atoms with Gasteiger partial charge in [-0.15, -0.1) is 0 Å². The second kappa shape index (κ2) is 5.04. The number of nitrogens with zero attached hydrogens (tertiary/aromatic N) is 3. The molecule has 0 saturated heterocycles. The minimum absolute atomic E-state index is 0.218. The first-order valence-electron chi connectivity index (χ1n) is 7.98. The summed E-state index contributed by atoms with van der Waals surface area (Å²) in [5, 5.41) is 23.0. The molecule has 0 spiro atoms. The Morgan fingerprint density at radius 3 is 2.91 bits per heavy atom. The predicted octanol–water partition coefficient (Wildman–Crippen LogP) is 2.15. The van der Waals surface area contributed by atoms with Crippen LogP contribution in [-0.2, 0) is 6.54 Å². The third kappa shape index (κ3) is 2.42. The summed E-state index contributed by atoms with van der Waals surface area (Å²) < 4.78 is 7.23. The van der Waals surface area contributed by atoms with Gasteiger partial charge in [0, 0.05) is 25.1 Å². The van der Waals surface area contributed by atoms with Crippen LogP contribution in [0.4, 0.5) is 0 Å². The molecule has 3 aliphatic carbocycles. The number of imidazole rings is 1. The van der Waals surface area contributed by atoms with Gasteiger partial charge in [-0.25, -0.2) is 4.98 Å². The second-order valence-electron chi connectivity index (χ2n) is 7.19. The Bertz CT molecular complexity index is 724. The van der Waals surface area contributed by atoms with Gasteiger partial charge in [0.1, 0.15) is 17.6 Å². The van der Waals surface area contributed by atoms with Gasteiger partial charge in [0.15, 0.2) is 5.76 Å². The summed E-state index contributed by atoms with van der Waals surface area (Å²) in [5.74, 6) is 1.36. The van der Waals surface area contributed by atoms with Gasteiger partial charge in [-0.05, 0) is 43.1 Å². The van der Waals surface area contributed by atoms with Crippen molar-refractivity contribution in [1.29, 1.82) is 0 Å². The monoisotopic (exact) mass is 315 g/mol. The van der Waals surface area contributed by atoms with Gasteiger partial charge >= 0.3 is 0 Å². The van der Waals surface area contributed by atoms with Gasteiger partial charge in [-0.1, -0.05) is 11.2 Å². The van der Waals surface area contributed by atoms with Gasteiger partial charge < -0.3 is 19.3 Å². The first-order chi connectivity index (χ1) is 11.0. The molecule has 0 aromatic carbocycles. The Balaban J connectivity index is 1.41. The summed E-state index contributed by atoms with van der Waals surface area (Å²) in [6, 6.07) is 1.91. The Morgan fingerprint density at radius 2 is 2.22 bits per heavy atom. The van der Waals surface area contributed by atoms with Crippen LogP contribution >= 0.6 is 0 Å². The number of aromatic nitrogens is 3. The van der Waals surface area contributed by atoms with E-state index in [1.165, 1.54) is 0 Å². The van der Waals surface area contributed by atoms with Gasteiger partial charge in [0.25, 0.3) is 0 Å². The summed E-state index contributed by atoms with van der Waals surface area (Å²) in [4.78, 5) is 4.15. The van der Waals surface area contributed by atoms with Crippen LogP contribution in [-0.4, -0.2) is 31.5 Å². The zero-order valence-corrected chi connectivity index (χ0v) is 13.1. The molecule has 3 saturated carbocycles. The number of allylic oxidation sites excluding steroid dienone is 1. The molecule has 2 bridgehead atoms. The Kier molecular flexibility index (Phi) is 3.21. The SMILES string of the molecule is CC(O)c1nccn1Cc1cc(/C=C\C23CC(CO)(C2)C3)on1. The van der Waals surface area contributed by atoms with Crippen molar-refractivity contribution >= 4 is 6.08 Å². The van der Waals surface area contributed by atoms with Crippen molar-refractivity contribution in [3.63, 3.8) is 0 Å². The van der Waals surface area contributed by atoms with Crippen molar-refractivity contribution in [3.05, 3.63) is 41.8 Å².